The van der Waals surface area contributed by atoms with Crippen LogP contribution >= 0.6 is 23.4 Å². The van der Waals surface area contributed by atoms with Crippen molar-refractivity contribution in [3.05, 3.63) is 34.3 Å². The first-order valence-corrected chi connectivity index (χ1v) is 6.31. The maximum Gasteiger partial charge on any atom is 0.185 e. The molecule has 1 aromatic rings. The zero-order valence-corrected chi connectivity index (χ0v) is 10.9. The van der Waals surface area contributed by atoms with Crippen molar-refractivity contribution in [1.82, 2.24) is 0 Å². The van der Waals surface area contributed by atoms with Gasteiger partial charge in [0.05, 0.1) is 16.7 Å². The molecule has 0 atom stereocenters. The second-order valence-electron chi connectivity index (χ2n) is 3.20. The number of hydrogen-bond acceptors (Lipinski definition) is 3. The van der Waals surface area contributed by atoms with Gasteiger partial charge in [0.25, 0.3) is 0 Å². The largest absolute Gasteiger partial charge is 0.288 e. The Hall–Kier alpha value is -1.42. The van der Waals surface area contributed by atoms with Crippen LogP contribution in [0.2, 0.25) is 5.02 Å². The van der Waals surface area contributed by atoms with E-state index in [1.165, 1.54) is 18.7 Å². The summed E-state index contributed by atoms with van der Waals surface area (Å²) >= 11 is 7.22. The highest BCUT2D eigenvalue weighted by atomic mass is 35.5. The van der Waals surface area contributed by atoms with Gasteiger partial charge in [-0.25, -0.2) is 0 Å². The predicted octanol–water partition coefficient (Wildman–Crippen LogP) is 3.23. The molecular weight excluding hydrogens is 254 g/mol. The van der Waals surface area contributed by atoms with Gasteiger partial charge in [-0.05, 0) is 18.2 Å². The average Bonchev–Trinajstić information content (AvgIpc) is 2.30. The van der Waals surface area contributed by atoms with Crippen molar-refractivity contribution >= 4 is 28.5 Å². The van der Waals surface area contributed by atoms with Crippen molar-refractivity contribution in [1.29, 1.82) is 5.26 Å². The summed E-state index contributed by atoms with van der Waals surface area (Å²) in [6.07, 6.45) is 0.639. The van der Waals surface area contributed by atoms with Gasteiger partial charge in [-0.3, -0.25) is 4.79 Å². The fraction of sp³-hybridized carbons (Fsp3) is 0.231. The van der Waals surface area contributed by atoms with Gasteiger partial charge in [0, 0.05) is 24.7 Å². The number of rotatable bonds is 2. The molecule has 0 saturated carbocycles. The second kappa shape index (κ2) is 7.01. The van der Waals surface area contributed by atoms with E-state index in [1.807, 2.05) is 6.07 Å². The van der Waals surface area contributed by atoms with E-state index in [2.05, 4.69) is 11.8 Å². The lowest BCUT2D eigenvalue weighted by Gasteiger charge is -1.95. The lowest BCUT2D eigenvalue weighted by molar-refractivity contribution is -0.109. The van der Waals surface area contributed by atoms with E-state index in [1.54, 1.807) is 18.2 Å². The van der Waals surface area contributed by atoms with Crippen LogP contribution in [0.1, 0.15) is 24.5 Å². The Balaban J connectivity index is 2.60. The van der Waals surface area contributed by atoms with Crippen LogP contribution in [0.3, 0.4) is 0 Å². The summed E-state index contributed by atoms with van der Waals surface area (Å²) in [5.74, 6) is 6.56. The molecule has 2 nitrogen and oxygen atoms in total. The molecule has 0 aliphatic heterocycles. The van der Waals surface area contributed by atoms with Crippen molar-refractivity contribution in [3.8, 4) is 17.9 Å². The molecule has 0 aromatic heterocycles. The third kappa shape index (κ3) is 4.95. The zero-order chi connectivity index (χ0) is 12.7. The maximum absolute atomic E-state index is 10.7. The van der Waals surface area contributed by atoms with Gasteiger partial charge in [-0.1, -0.05) is 35.2 Å². The van der Waals surface area contributed by atoms with E-state index < -0.39 is 0 Å². The number of carbonyl (C=O) groups excluding carboxylic acids is 1. The third-order valence-corrected chi connectivity index (χ3v) is 2.98. The van der Waals surface area contributed by atoms with Crippen molar-refractivity contribution in [3.63, 3.8) is 0 Å². The minimum absolute atomic E-state index is 0.100. The smallest absolute Gasteiger partial charge is 0.185 e. The quantitative estimate of drug-likeness (QED) is 0.608. The van der Waals surface area contributed by atoms with Crippen molar-refractivity contribution in [2.75, 3.05) is 5.75 Å². The summed E-state index contributed by atoms with van der Waals surface area (Å²) < 4.78 is 0. The summed E-state index contributed by atoms with van der Waals surface area (Å²) in [6.45, 7) is 1.54. The Bertz CT molecular complexity index is 522. The minimum atomic E-state index is 0.100. The Morgan fingerprint density at radius 1 is 1.53 bits per heavy atom. The molecular formula is C13H10ClNOS. The first-order valence-electron chi connectivity index (χ1n) is 4.95. The average molecular weight is 264 g/mol. The molecule has 17 heavy (non-hydrogen) atoms. The van der Waals surface area contributed by atoms with Crippen LogP contribution < -0.4 is 0 Å². The second-order valence-corrected chi connectivity index (χ2v) is 4.88. The SMILES string of the molecule is CC(=O)SCCC#Cc1ccc(C#N)cc1Cl. The number of hydrogen-bond donors (Lipinski definition) is 0. The van der Waals surface area contributed by atoms with Gasteiger partial charge < -0.3 is 0 Å². The zero-order valence-electron chi connectivity index (χ0n) is 9.29. The summed E-state index contributed by atoms with van der Waals surface area (Å²) in [5, 5.41) is 9.25. The fourth-order valence-corrected chi connectivity index (χ4v) is 1.81. The van der Waals surface area contributed by atoms with Gasteiger partial charge in [0.1, 0.15) is 0 Å². The lowest BCUT2D eigenvalue weighted by Crippen LogP contribution is -1.84. The van der Waals surface area contributed by atoms with Gasteiger partial charge in [0.2, 0.25) is 0 Å². The molecule has 0 N–H and O–H groups in total. The Labute approximate surface area is 110 Å². The number of nitrogens with zero attached hydrogens (tertiary/aromatic N) is 1. The summed E-state index contributed by atoms with van der Waals surface area (Å²) in [7, 11) is 0. The maximum atomic E-state index is 10.7. The minimum Gasteiger partial charge on any atom is -0.288 e. The molecule has 1 rings (SSSR count). The van der Waals surface area contributed by atoms with Crippen LogP contribution in [0.4, 0.5) is 0 Å². The van der Waals surface area contributed by atoms with E-state index in [0.717, 1.165) is 0 Å². The van der Waals surface area contributed by atoms with E-state index in [0.29, 0.717) is 28.3 Å². The molecule has 0 bridgehead atoms. The molecule has 0 aliphatic rings. The molecule has 0 fully saturated rings. The normalized spacial score (nSPS) is 9.00. The van der Waals surface area contributed by atoms with Crippen molar-refractivity contribution in [2.45, 2.75) is 13.3 Å². The van der Waals surface area contributed by atoms with E-state index in [4.69, 9.17) is 16.9 Å². The Morgan fingerprint density at radius 2 is 2.29 bits per heavy atom. The molecule has 1 aromatic carbocycles. The highest BCUT2D eigenvalue weighted by Gasteiger charge is 1.98. The molecule has 0 unspecified atom stereocenters. The molecule has 0 saturated heterocycles. The van der Waals surface area contributed by atoms with Crippen molar-refractivity contribution < 1.29 is 4.79 Å². The van der Waals surface area contributed by atoms with Crippen LogP contribution in [0, 0.1) is 23.2 Å². The monoisotopic (exact) mass is 263 g/mol. The van der Waals surface area contributed by atoms with Crippen LogP contribution in [0.5, 0.6) is 0 Å². The van der Waals surface area contributed by atoms with Gasteiger partial charge in [0.15, 0.2) is 5.12 Å². The highest BCUT2D eigenvalue weighted by Crippen LogP contribution is 2.16. The number of carbonyl (C=O) groups is 1. The summed E-state index contributed by atoms with van der Waals surface area (Å²) in [5.41, 5.74) is 1.23. The number of nitriles is 1. The Morgan fingerprint density at radius 3 is 2.88 bits per heavy atom. The highest BCUT2D eigenvalue weighted by molar-refractivity contribution is 8.13. The molecule has 0 amide bonds. The van der Waals surface area contributed by atoms with Crippen LogP contribution in [0.25, 0.3) is 0 Å². The van der Waals surface area contributed by atoms with E-state index in [-0.39, 0.29) is 5.12 Å². The molecule has 0 spiro atoms. The molecule has 4 heteroatoms. The number of benzene rings is 1. The lowest BCUT2D eigenvalue weighted by atomic mass is 10.1. The van der Waals surface area contributed by atoms with Crippen LogP contribution in [-0.2, 0) is 4.79 Å². The first-order chi connectivity index (χ1) is 8.13. The fourth-order valence-electron chi connectivity index (χ4n) is 1.09. The van der Waals surface area contributed by atoms with Crippen LogP contribution in [0.15, 0.2) is 18.2 Å². The van der Waals surface area contributed by atoms with Gasteiger partial charge >= 0.3 is 0 Å². The summed E-state index contributed by atoms with van der Waals surface area (Å²) in [6, 6.07) is 7.01. The number of halogens is 1. The van der Waals surface area contributed by atoms with Gasteiger partial charge in [-0.2, -0.15) is 5.26 Å². The predicted molar refractivity (Wildman–Crippen MR) is 70.8 cm³/mol. The number of thioether (sulfide) groups is 1. The molecule has 0 radical (unpaired) electrons. The van der Waals surface area contributed by atoms with Crippen molar-refractivity contribution in [2.24, 2.45) is 0 Å². The topological polar surface area (TPSA) is 40.9 Å². The standard InChI is InChI=1S/C13H10ClNOS/c1-10(16)17-7-3-2-4-12-6-5-11(9-15)8-13(12)14/h5-6,8H,3,7H2,1H3. The molecule has 86 valence electrons. The van der Waals surface area contributed by atoms with E-state index >= 15 is 0 Å². The summed E-state index contributed by atoms with van der Waals surface area (Å²) in [4.78, 5) is 10.7. The molecule has 0 heterocycles. The molecule has 0 aliphatic carbocycles. The van der Waals surface area contributed by atoms with Crippen LogP contribution in [-0.4, -0.2) is 10.9 Å². The Kier molecular flexibility index (Phi) is 5.63. The van der Waals surface area contributed by atoms with E-state index in [9.17, 15) is 4.79 Å². The van der Waals surface area contributed by atoms with Gasteiger partial charge in [-0.15, -0.1) is 0 Å². The third-order valence-electron chi connectivity index (χ3n) is 1.85. The first kappa shape index (κ1) is 13.6.